The number of hydrogen-bond donors (Lipinski definition) is 0. The van der Waals surface area contributed by atoms with Crippen molar-refractivity contribution in [3.8, 4) is 44.5 Å². The van der Waals surface area contributed by atoms with Gasteiger partial charge in [-0.25, -0.2) is 18.3 Å². The van der Waals surface area contributed by atoms with Crippen LogP contribution in [0, 0.1) is 13.8 Å². The number of imidazole rings is 2. The Balaban J connectivity index is 1.01. The molecule has 0 aliphatic carbocycles. The summed E-state index contributed by atoms with van der Waals surface area (Å²) in [7, 11) is 0. The largest absolute Gasteiger partial charge is 0.254 e. The van der Waals surface area contributed by atoms with Gasteiger partial charge in [0.05, 0.1) is 0 Å². The molecule has 62 heavy (non-hydrogen) atoms. The number of halogens is 2. The zero-order valence-electron chi connectivity index (χ0n) is 34.7. The normalized spacial score (nSPS) is 12.6. The van der Waals surface area contributed by atoms with Crippen LogP contribution in [0.15, 0.2) is 191 Å². The van der Waals surface area contributed by atoms with Gasteiger partial charge in [-0.3, -0.25) is 0 Å². The third-order valence-corrected chi connectivity index (χ3v) is 14.6. The molecule has 0 fully saturated rings. The van der Waals surface area contributed by atoms with E-state index in [0.29, 0.717) is 0 Å². The molecule has 0 saturated carbocycles. The highest BCUT2D eigenvalue weighted by atomic mass is 79.9. The third kappa shape index (κ3) is 6.82. The minimum atomic E-state index is 0.789. The van der Waals surface area contributed by atoms with Gasteiger partial charge in [-0.05, 0) is 123 Å². The first-order chi connectivity index (χ1) is 30.4. The van der Waals surface area contributed by atoms with Gasteiger partial charge < -0.3 is 0 Å². The Bertz CT molecular complexity index is 2870. The molecule has 2 aromatic heterocycles. The van der Waals surface area contributed by atoms with Crippen LogP contribution < -0.4 is 9.13 Å². The maximum absolute atomic E-state index is 4.04. The Hall–Kier alpha value is -6.34. The fourth-order valence-electron chi connectivity index (χ4n) is 9.47. The van der Waals surface area contributed by atoms with Gasteiger partial charge in [-0.1, -0.05) is 158 Å². The van der Waals surface area contributed by atoms with E-state index in [0.717, 1.165) is 35.1 Å². The number of rotatable bonds is 0. The highest BCUT2D eigenvalue weighted by Crippen LogP contribution is 2.39. The molecule has 0 saturated heterocycles. The molecule has 0 amide bonds. The van der Waals surface area contributed by atoms with Gasteiger partial charge in [-0.2, -0.15) is 0 Å². The summed E-state index contributed by atoms with van der Waals surface area (Å²) in [4.78, 5) is 0. The Morgan fingerprint density at radius 3 is 1.00 bits per heavy atom. The minimum Gasteiger partial charge on any atom is -0.223 e. The molecule has 7 aliphatic rings. The lowest BCUT2D eigenvalue weighted by Crippen LogP contribution is -2.37. The molecule has 0 radical (unpaired) electrons. The lowest BCUT2D eigenvalue weighted by molar-refractivity contribution is -0.669. The van der Waals surface area contributed by atoms with Crippen LogP contribution in [-0.4, -0.2) is 9.13 Å². The number of aromatic nitrogens is 4. The summed E-state index contributed by atoms with van der Waals surface area (Å²) in [5.74, 6) is 2.46. The maximum atomic E-state index is 4.04. The Morgan fingerprint density at radius 2 is 0.661 bits per heavy atom. The van der Waals surface area contributed by atoms with E-state index in [9.17, 15) is 0 Å². The highest BCUT2D eigenvalue weighted by molar-refractivity contribution is 9.11. The number of nitrogens with zero attached hydrogens (tertiary/aromatic N) is 4. The van der Waals surface area contributed by atoms with Crippen molar-refractivity contribution in [1.82, 2.24) is 9.13 Å². The SMILES string of the molecule is Cc1n2c3ccccc3[n+]1Cc1ccc(cc1)-c1cccc(c1Br)-c1ccc(cc1)C[n+]1c(C)n(c3ccccc31)Cc1ccc(cc1)-c1cccc(c1Br)-c1ccc(cc1)C2. The van der Waals surface area contributed by atoms with E-state index in [2.05, 4.69) is 246 Å². The van der Waals surface area contributed by atoms with Gasteiger partial charge in [0.1, 0.15) is 26.2 Å². The monoisotopic (exact) mass is 930 g/mol. The molecule has 10 aromatic rings. The van der Waals surface area contributed by atoms with Crippen LogP contribution in [-0.2, 0) is 26.2 Å². The van der Waals surface area contributed by atoms with Gasteiger partial charge in [0.15, 0.2) is 22.1 Å². The van der Waals surface area contributed by atoms with Crippen LogP contribution in [0.3, 0.4) is 0 Å². The first-order valence-electron chi connectivity index (χ1n) is 21.3. The molecule has 7 aliphatic heterocycles. The molecule has 0 N–H and O–H groups in total. The summed E-state index contributed by atoms with van der Waals surface area (Å²) in [5, 5.41) is 0. The first-order valence-corrected chi connectivity index (χ1v) is 22.9. The second-order valence-electron chi connectivity index (χ2n) is 16.5. The third-order valence-electron chi connectivity index (χ3n) is 12.9. The lowest BCUT2D eigenvalue weighted by Gasteiger charge is -2.12. The Labute approximate surface area is 379 Å². The molecule has 16 bridgehead atoms. The summed E-state index contributed by atoms with van der Waals surface area (Å²) in [6.45, 7) is 7.65. The molecular weight excluding hydrogens is 888 g/mol. The number of fused-ring (bicyclic) bond motifs is 2. The Morgan fingerprint density at radius 1 is 0.355 bits per heavy atom. The van der Waals surface area contributed by atoms with Crippen molar-refractivity contribution in [3.63, 3.8) is 0 Å². The van der Waals surface area contributed by atoms with E-state index in [1.807, 2.05) is 0 Å². The lowest BCUT2D eigenvalue weighted by atomic mass is 9.97. The molecule has 0 unspecified atom stereocenters. The average molecular weight is 933 g/mol. The van der Waals surface area contributed by atoms with E-state index in [4.69, 9.17) is 0 Å². The van der Waals surface area contributed by atoms with Gasteiger partial charge in [-0.15, -0.1) is 0 Å². The van der Waals surface area contributed by atoms with Gasteiger partial charge in [0.25, 0.3) is 11.6 Å². The van der Waals surface area contributed by atoms with E-state index in [-0.39, 0.29) is 0 Å². The van der Waals surface area contributed by atoms with E-state index < -0.39 is 0 Å². The fourth-order valence-corrected chi connectivity index (χ4v) is 10.9. The molecular formula is C56H44Br2N4+2. The van der Waals surface area contributed by atoms with Crippen molar-refractivity contribution < 1.29 is 9.13 Å². The molecule has 6 heteroatoms. The molecule has 300 valence electrons. The molecule has 4 nitrogen and oxygen atoms in total. The van der Waals surface area contributed by atoms with Crippen LogP contribution in [0.25, 0.3) is 66.6 Å². The van der Waals surface area contributed by atoms with Crippen molar-refractivity contribution in [2.24, 2.45) is 0 Å². The summed E-state index contributed by atoms with van der Waals surface area (Å²) >= 11 is 8.08. The zero-order valence-corrected chi connectivity index (χ0v) is 37.9. The average Bonchev–Trinajstić information content (AvgIpc) is 3.72. The number of hydrogen-bond acceptors (Lipinski definition) is 0. The predicted octanol–water partition coefficient (Wildman–Crippen LogP) is 13.5. The van der Waals surface area contributed by atoms with E-state index >= 15 is 0 Å². The first kappa shape index (κ1) is 38.6. The van der Waals surface area contributed by atoms with Gasteiger partial charge in [0, 0.05) is 22.8 Å². The highest BCUT2D eigenvalue weighted by Gasteiger charge is 2.24. The fraction of sp³-hybridized carbons (Fsp3) is 0.107. The molecule has 8 aromatic carbocycles. The smallest absolute Gasteiger partial charge is 0.223 e. The van der Waals surface area contributed by atoms with Crippen LogP contribution >= 0.6 is 31.9 Å². The Kier molecular flexibility index (Phi) is 9.86. The zero-order chi connectivity index (χ0) is 41.9. The van der Waals surface area contributed by atoms with Gasteiger partial charge in [0.2, 0.25) is 0 Å². The van der Waals surface area contributed by atoms with E-state index in [1.165, 1.54) is 100 Å². The summed E-state index contributed by atoms with van der Waals surface area (Å²) in [6, 6.07) is 67.1. The quantitative estimate of drug-likeness (QED) is 0.135. The van der Waals surface area contributed by atoms with Crippen molar-refractivity contribution in [1.29, 1.82) is 0 Å². The second-order valence-corrected chi connectivity index (χ2v) is 18.1. The maximum Gasteiger partial charge on any atom is 0.254 e. The summed E-state index contributed by atoms with van der Waals surface area (Å²) < 4.78 is 12.0. The van der Waals surface area contributed by atoms with Gasteiger partial charge >= 0.3 is 0 Å². The molecule has 17 rings (SSSR count). The standard InChI is InChI=1S/C56H44Br2N4/c1-37-59-33-39-17-25-43(26-18-39)47-9-7-11-49(55(47)57)45-29-21-41(22-30-45)35-61-38(2)62(54-16-6-5-15-53(54)61)36-42-23-31-46(32-24-42)50-12-8-10-48(56(50)58)44-27-19-40(20-28-44)34-60(37)52-14-4-3-13-51(52)59/h3-32H,33-36H2,1-2H3/q+2. The predicted molar refractivity (Wildman–Crippen MR) is 260 cm³/mol. The number of benzene rings is 8. The second kappa shape index (κ2) is 15.8. The summed E-state index contributed by atoms with van der Waals surface area (Å²) in [6.07, 6.45) is 0. The van der Waals surface area contributed by atoms with Crippen LogP contribution in [0.4, 0.5) is 0 Å². The molecule has 0 atom stereocenters. The van der Waals surface area contributed by atoms with Crippen LogP contribution in [0.1, 0.15) is 33.9 Å². The van der Waals surface area contributed by atoms with Crippen molar-refractivity contribution in [2.75, 3.05) is 0 Å². The van der Waals surface area contributed by atoms with E-state index in [1.54, 1.807) is 0 Å². The van der Waals surface area contributed by atoms with Crippen molar-refractivity contribution in [3.05, 3.63) is 225 Å². The van der Waals surface area contributed by atoms with Crippen LogP contribution in [0.2, 0.25) is 0 Å². The topological polar surface area (TPSA) is 17.6 Å². The van der Waals surface area contributed by atoms with Crippen molar-refractivity contribution >= 4 is 53.9 Å². The summed E-state index contributed by atoms with van der Waals surface area (Å²) in [5.41, 5.74) is 19.5. The number of para-hydroxylation sites is 4. The van der Waals surface area contributed by atoms with Crippen LogP contribution in [0.5, 0.6) is 0 Å². The van der Waals surface area contributed by atoms with Crippen molar-refractivity contribution in [2.45, 2.75) is 40.0 Å². The minimum absolute atomic E-state index is 0.789. The molecule has 9 heterocycles. The molecule has 0 spiro atoms.